The number of amides is 4. The number of anilines is 2. The highest BCUT2D eigenvalue weighted by molar-refractivity contribution is 7.99. The molecule has 2 saturated heterocycles. The number of barbiturate groups is 1. The predicted octanol–water partition coefficient (Wildman–Crippen LogP) is 4.47. The fourth-order valence-electron chi connectivity index (χ4n) is 5.04. The number of alkyl halides is 6. The summed E-state index contributed by atoms with van der Waals surface area (Å²) in [6.07, 6.45) is -9.70. The van der Waals surface area contributed by atoms with Crippen LogP contribution in [-0.2, 0) is 28.4 Å². The third-order valence-electron chi connectivity index (χ3n) is 6.75. The van der Waals surface area contributed by atoms with Crippen LogP contribution in [0, 0.1) is 5.41 Å². The van der Waals surface area contributed by atoms with Crippen molar-refractivity contribution in [3.05, 3.63) is 59.2 Å². The van der Waals surface area contributed by atoms with Crippen LogP contribution >= 0.6 is 11.8 Å². The Morgan fingerprint density at radius 2 is 1.56 bits per heavy atom. The van der Waals surface area contributed by atoms with Gasteiger partial charge in [0.1, 0.15) is 0 Å². The second kappa shape index (κ2) is 8.15. The van der Waals surface area contributed by atoms with Crippen LogP contribution in [0.4, 0.5) is 42.5 Å². The van der Waals surface area contributed by atoms with Gasteiger partial charge in [-0.15, -0.1) is 0 Å². The molecule has 5 rings (SSSR count). The lowest BCUT2D eigenvalue weighted by molar-refractivity contribution is -0.144. The molecule has 0 aliphatic carbocycles. The Kier molecular flexibility index (Phi) is 5.54. The molecule has 1 spiro atoms. The lowest BCUT2D eigenvalue weighted by atomic mass is 9.68. The van der Waals surface area contributed by atoms with Crippen molar-refractivity contribution in [1.82, 2.24) is 5.32 Å². The van der Waals surface area contributed by atoms with Gasteiger partial charge < -0.3 is 4.90 Å². The lowest BCUT2D eigenvalue weighted by Crippen LogP contribution is -2.73. The number of carbonyl (C=O) groups excluding carboxylic acids is 3. The van der Waals surface area contributed by atoms with Crippen molar-refractivity contribution in [2.24, 2.45) is 5.41 Å². The maximum Gasteiger partial charge on any atom is 0.416 e. The SMILES string of the molecule is O=C1NC(=O)C2(Cc3cc(C(F)(F)F)ccc3N3CCSCC32)C(=O)N1c1ccc(C(F)(F)F)cc1. The average Bonchev–Trinajstić information content (AvgIpc) is 2.81. The van der Waals surface area contributed by atoms with Gasteiger partial charge in [-0.25, -0.2) is 9.69 Å². The van der Waals surface area contributed by atoms with E-state index in [1.807, 2.05) is 0 Å². The van der Waals surface area contributed by atoms with Gasteiger partial charge in [0, 0.05) is 23.7 Å². The second-order valence-electron chi connectivity index (χ2n) is 8.72. The highest BCUT2D eigenvalue weighted by Crippen LogP contribution is 2.48. The van der Waals surface area contributed by atoms with Crippen LogP contribution in [0.2, 0.25) is 0 Å². The molecule has 13 heteroatoms. The van der Waals surface area contributed by atoms with Crippen LogP contribution in [0.15, 0.2) is 42.5 Å². The number of benzene rings is 2. The van der Waals surface area contributed by atoms with Gasteiger partial charge in [0.05, 0.1) is 22.9 Å². The molecule has 1 N–H and O–H groups in total. The van der Waals surface area contributed by atoms with Crippen molar-refractivity contribution in [3.8, 4) is 0 Å². The van der Waals surface area contributed by atoms with Crippen LogP contribution in [0.5, 0.6) is 0 Å². The zero-order valence-corrected chi connectivity index (χ0v) is 19.1. The van der Waals surface area contributed by atoms with E-state index in [4.69, 9.17) is 0 Å². The Morgan fingerprint density at radius 1 is 0.917 bits per heavy atom. The van der Waals surface area contributed by atoms with Crippen molar-refractivity contribution in [1.29, 1.82) is 0 Å². The van der Waals surface area contributed by atoms with Crippen LogP contribution in [0.1, 0.15) is 16.7 Å². The fraction of sp³-hybridized carbons (Fsp3) is 0.348. The van der Waals surface area contributed by atoms with E-state index in [0.717, 1.165) is 24.3 Å². The molecule has 2 atom stereocenters. The zero-order chi connectivity index (χ0) is 26.0. The zero-order valence-electron chi connectivity index (χ0n) is 18.2. The Labute approximate surface area is 204 Å². The molecule has 2 aromatic carbocycles. The van der Waals surface area contributed by atoms with Crippen molar-refractivity contribution >= 4 is 41.0 Å². The van der Waals surface area contributed by atoms with E-state index in [1.165, 1.54) is 17.8 Å². The summed E-state index contributed by atoms with van der Waals surface area (Å²) in [4.78, 5) is 42.2. The molecule has 4 amide bonds. The number of hydrogen-bond donors (Lipinski definition) is 1. The van der Waals surface area contributed by atoms with E-state index in [-0.39, 0.29) is 17.0 Å². The quantitative estimate of drug-likeness (QED) is 0.436. The first-order valence-electron chi connectivity index (χ1n) is 10.8. The molecule has 0 radical (unpaired) electrons. The van der Waals surface area contributed by atoms with Gasteiger partial charge in [-0.05, 0) is 54.4 Å². The number of hydrogen-bond acceptors (Lipinski definition) is 5. The summed E-state index contributed by atoms with van der Waals surface area (Å²) < 4.78 is 79.3. The molecule has 0 aromatic heterocycles. The van der Waals surface area contributed by atoms with Crippen LogP contribution in [0.25, 0.3) is 0 Å². The number of thioether (sulfide) groups is 1. The minimum absolute atomic E-state index is 0.123. The van der Waals surface area contributed by atoms with Crippen LogP contribution in [-0.4, -0.2) is 41.9 Å². The van der Waals surface area contributed by atoms with Gasteiger partial charge in [-0.3, -0.25) is 14.9 Å². The van der Waals surface area contributed by atoms with Gasteiger partial charge in [0.25, 0.3) is 5.91 Å². The largest absolute Gasteiger partial charge is 0.416 e. The van der Waals surface area contributed by atoms with E-state index in [9.17, 15) is 40.7 Å². The molecule has 2 fully saturated rings. The number of imide groups is 2. The van der Waals surface area contributed by atoms with E-state index in [1.54, 1.807) is 4.90 Å². The van der Waals surface area contributed by atoms with Crippen molar-refractivity contribution in [2.45, 2.75) is 24.8 Å². The number of fused-ring (bicyclic) bond motifs is 4. The molecule has 36 heavy (non-hydrogen) atoms. The minimum Gasteiger partial charge on any atom is -0.365 e. The molecular weight excluding hydrogens is 512 g/mol. The standard InChI is InChI=1S/C23H17F6N3O3S/c24-22(25,26)13-1-4-15(5-2-13)32-19(34)21(18(33)30-20(32)35)10-12-9-14(23(27,28)29)3-6-16(12)31-7-8-36-11-17(21)31/h1-6,9,17H,7-8,10-11H2,(H,30,33,35). The van der Waals surface area contributed by atoms with Gasteiger partial charge in [-0.1, -0.05) is 0 Å². The molecule has 2 unspecified atom stereocenters. The first-order valence-corrected chi connectivity index (χ1v) is 11.9. The highest BCUT2D eigenvalue weighted by atomic mass is 32.2. The van der Waals surface area contributed by atoms with Gasteiger partial charge in [0.2, 0.25) is 5.91 Å². The summed E-state index contributed by atoms with van der Waals surface area (Å²) in [6, 6.07) is 4.52. The Balaban J connectivity index is 1.62. The maximum absolute atomic E-state index is 13.9. The summed E-state index contributed by atoms with van der Waals surface area (Å²) in [6.45, 7) is 0.351. The van der Waals surface area contributed by atoms with Crippen LogP contribution < -0.4 is 15.1 Å². The molecule has 3 heterocycles. The first-order chi connectivity index (χ1) is 16.8. The van der Waals surface area contributed by atoms with Gasteiger partial charge >= 0.3 is 18.4 Å². The summed E-state index contributed by atoms with van der Waals surface area (Å²) >= 11 is 1.45. The molecule has 3 aliphatic heterocycles. The third-order valence-corrected chi connectivity index (χ3v) is 7.77. The van der Waals surface area contributed by atoms with Crippen molar-refractivity contribution < 1.29 is 40.7 Å². The van der Waals surface area contributed by atoms with E-state index in [0.29, 0.717) is 35.0 Å². The van der Waals surface area contributed by atoms with Crippen molar-refractivity contribution in [3.63, 3.8) is 0 Å². The average molecular weight is 529 g/mol. The molecule has 190 valence electrons. The number of nitrogens with zero attached hydrogens (tertiary/aromatic N) is 2. The van der Waals surface area contributed by atoms with E-state index < -0.39 is 59.2 Å². The van der Waals surface area contributed by atoms with Crippen LogP contribution in [0.3, 0.4) is 0 Å². The Hall–Kier alpha value is -3.22. The number of halogens is 6. The van der Waals surface area contributed by atoms with Gasteiger partial charge in [-0.2, -0.15) is 38.1 Å². The predicted molar refractivity (Wildman–Crippen MR) is 119 cm³/mol. The highest BCUT2D eigenvalue weighted by Gasteiger charge is 2.62. The summed E-state index contributed by atoms with van der Waals surface area (Å²) in [5.74, 6) is -1.04. The second-order valence-corrected chi connectivity index (χ2v) is 9.87. The van der Waals surface area contributed by atoms with E-state index in [2.05, 4.69) is 5.32 Å². The summed E-state index contributed by atoms with van der Waals surface area (Å²) in [5, 5.41) is 2.12. The number of rotatable bonds is 1. The van der Waals surface area contributed by atoms with Crippen molar-refractivity contribution in [2.75, 3.05) is 27.9 Å². The third kappa shape index (κ3) is 3.71. The molecule has 0 saturated carbocycles. The molecule has 6 nitrogen and oxygen atoms in total. The van der Waals surface area contributed by atoms with E-state index >= 15 is 0 Å². The lowest BCUT2D eigenvalue weighted by Gasteiger charge is -2.53. The molecule has 2 aromatic rings. The number of urea groups is 1. The topological polar surface area (TPSA) is 69.7 Å². The summed E-state index contributed by atoms with van der Waals surface area (Å²) in [5.41, 5.74) is -3.50. The number of nitrogens with one attached hydrogen (secondary N) is 1. The fourth-order valence-corrected chi connectivity index (χ4v) is 6.22. The maximum atomic E-state index is 13.9. The minimum atomic E-state index is -4.65. The molecular formula is C23H17F6N3O3S. The van der Waals surface area contributed by atoms with Gasteiger partial charge in [0.15, 0.2) is 5.41 Å². The normalized spacial score (nSPS) is 24.5. The Bertz CT molecular complexity index is 1260. The monoisotopic (exact) mass is 529 g/mol. The molecule has 0 bridgehead atoms. The molecule has 3 aliphatic rings. The summed E-state index contributed by atoms with van der Waals surface area (Å²) in [7, 11) is 0. The Morgan fingerprint density at radius 3 is 2.19 bits per heavy atom. The first kappa shape index (κ1) is 24.5. The number of carbonyl (C=O) groups is 3. The smallest absolute Gasteiger partial charge is 0.365 e.